The lowest BCUT2D eigenvalue weighted by molar-refractivity contribution is 0.156. The van der Waals surface area contributed by atoms with Gasteiger partial charge in [-0.05, 0) is 61.9 Å². The molecule has 5 heteroatoms. The van der Waals surface area contributed by atoms with Crippen LogP contribution in [0.5, 0.6) is 0 Å². The predicted molar refractivity (Wildman–Crippen MR) is 83.7 cm³/mol. The lowest BCUT2D eigenvalue weighted by atomic mass is 9.90. The van der Waals surface area contributed by atoms with Gasteiger partial charge >= 0.3 is 0 Å². The summed E-state index contributed by atoms with van der Waals surface area (Å²) in [6.45, 7) is 3.65. The minimum absolute atomic E-state index is 0.469. The molecule has 0 radical (unpaired) electrons. The van der Waals surface area contributed by atoms with Gasteiger partial charge in [-0.2, -0.15) is 0 Å². The van der Waals surface area contributed by atoms with Crippen molar-refractivity contribution in [3.05, 3.63) is 29.8 Å². The van der Waals surface area contributed by atoms with Crippen molar-refractivity contribution in [3.8, 4) is 0 Å². The first-order valence-corrected chi connectivity index (χ1v) is 9.54. The van der Waals surface area contributed by atoms with Gasteiger partial charge in [0.05, 0.1) is 4.90 Å². The molecule has 3 rings (SSSR count). The summed E-state index contributed by atoms with van der Waals surface area (Å²) < 4.78 is 23.7. The third-order valence-corrected chi connectivity index (χ3v) is 6.46. The normalized spacial score (nSPS) is 25.1. The fourth-order valence-electron chi connectivity index (χ4n) is 3.77. The molecule has 2 fully saturated rings. The summed E-state index contributed by atoms with van der Waals surface area (Å²) in [6, 6.07) is 7.35. The molecule has 1 atom stereocenters. The lowest BCUT2D eigenvalue weighted by Crippen LogP contribution is -2.35. The van der Waals surface area contributed by atoms with E-state index in [1.165, 1.54) is 25.5 Å². The Balaban J connectivity index is 1.67. The van der Waals surface area contributed by atoms with Crippen molar-refractivity contribution < 1.29 is 8.42 Å². The van der Waals surface area contributed by atoms with Gasteiger partial charge in [-0.3, -0.25) is 4.90 Å². The molecular weight excluding hydrogens is 284 g/mol. The Labute approximate surface area is 127 Å². The topological polar surface area (TPSA) is 63.4 Å². The standard InChI is InChI=1S/C16H24N2O2S/c1-21(19,20)15-5-3-2-4-13(15)12-18-8-6-16(7-9-18)10-14(16)11-17/h2-5,14H,6-12,17H2,1H3. The van der Waals surface area contributed by atoms with E-state index in [1.807, 2.05) is 12.1 Å². The minimum Gasteiger partial charge on any atom is -0.330 e. The fourth-order valence-corrected chi connectivity index (χ4v) is 4.71. The highest BCUT2D eigenvalue weighted by molar-refractivity contribution is 7.90. The van der Waals surface area contributed by atoms with Crippen LogP contribution in [0.1, 0.15) is 24.8 Å². The van der Waals surface area contributed by atoms with E-state index in [4.69, 9.17) is 5.73 Å². The van der Waals surface area contributed by atoms with Gasteiger partial charge in [0.2, 0.25) is 0 Å². The molecule has 0 aromatic heterocycles. The van der Waals surface area contributed by atoms with Crippen molar-refractivity contribution in [3.63, 3.8) is 0 Å². The predicted octanol–water partition coefficient (Wildman–Crippen LogP) is 1.65. The molecule has 2 N–H and O–H groups in total. The van der Waals surface area contributed by atoms with Gasteiger partial charge in [0.25, 0.3) is 0 Å². The van der Waals surface area contributed by atoms with Crippen LogP contribution in [0.25, 0.3) is 0 Å². The zero-order chi connectivity index (χ0) is 15.1. The van der Waals surface area contributed by atoms with Gasteiger partial charge in [0.1, 0.15) is 0 Å². The van der Waals surface area contributed by atoms with E-state index < -0.39 is 9.84 Å². The molecule has 2 aliphatic rings. The third kappa shape index (κ3) is 3.00. The smallest absolute Gasteiger partial charge is 0.175 e. The first-order chi connectivity index (χ1) is 9.94. The van der Waals surface area contributed by atoms with Gasteiger partial charge in [0, 0.05) is 12.8 Å². The highest BCUT2D eigenvalue weighted by atomic mass is 32.2. The molecule has 1 heterocycles. The zero-order valence-electron chi connectivity index (χ0n) is 12.6. The van der Waals surface area contributed by atoms with Crippen LogP contribution in [0.15, 0.2) is 29.2 Å². The first-order valence-electron chi connectivity index (χ1n) is 7.65. The van der Waals surface area contributed by atoms with Gasteiger partial charge in [0.15, 0.2) is 9.84 Å². The molecule has 116 valence electrons. The number of hydrogen-bond donors (Lipinski definition) is 1. The van der Waals surface area contributed by atoms with Crippen LogP contribution in [0.2, 0.25) is 0 Å². The maximum absolute atomic E-state index is 11.9. The molecule has 21 heavy (non-hydrogen) atoms. The summed E-state index contributed by atoms with van der Waals surface area (Å²) in [7, 11) is -3.15. The number of benzene rings is 1. The van der Waals surface area contributed by atoms with Gasteiger partial charge < -0.3 is 5.73 Å². The first kappa shape index (κ1) is 15.0. The Morgan fingerprint density at radius 2 is 1.95 bits per heavy atom. The number of piperidine rings is 1. The molecular formula is C16H24N2O2S. The number of hydrogen-bond acceptors (Lipinski definition) is 4. The van der Waals surface area contributed by atoms with E-state index in [1.54, 1.807) is 12.1 Å². The average Bonchev–Trinajstić information content (AvgIpc) is 3.14. The monoisotopic (exact) mass is 308 g/mol. The van der Waals surface area contributed by atoms with Gasteiger partial charge in [-0.1, -0.05) is 18.2 Å². The summed E-state index contributed by atoms with van der Waals surface area (Å²) in [5.74, 6) is 0.725. The molecule has 4 nitrogen and oxygen atoms in total. The van der Waals surface area contributed by atoms with Crippen molar-refractivity contribution in [2.75, 3.05) is 25.9 Å². The maximum atomic E-state index is 11.9. The highest BCUT2D eigenvalue weighted by Crippen LogP contribution is 2.58. The van der Waals surface area contributed by atoms with Crippen molar-refractivity contribution in [1.29, 1.82) is 0 Å². The van der Waals surface area contributed by atoms with Crippen molar-refractivity contribution in [1.82, 2.24) is 4.90 Å². The van der Waals surface area contributed by atoms with Crippen LogP contribution in [0.4, 0.5) is 0 Å². The zero-order valence-corrected chi connectivity index (χ0v) is 13.4. The quantitative estimate of drug-likeness (QED) is 0.918. The molecule has 1 unspecified atom stereocenters. The van der Waals surface area contributed by atoms with Crippen molar-refractivity contribution >= 4 is 9.84 Å². The van der Waals surface area contributed by atoms with Crippen LogP contribution in [0.3, 0.4) is 0 Å². The number of rotatable bonds is 4. The van der Waals surface area contributed by atoms with Crippen LogP contribution in [0, 0.1) is 11.3 Å². The molecule has 1 saturated carbocycles. The summed E-state index contributed by atoms with van der Waals surface area (Å²) in [6.07, 6.45) is 4.98. The molecule has 0 bridgehead atoms. The molecule has 1 aromatic rings. The van der Waals surface area contributed by atoms with Crippen LogP contribution in [-0.4, -0.2) is 39.2 Å². The van der Waals surface area contributed by atoms with Crippen molar-refractivity contribution in [2.24, 2.45) is 17.1 Å². The van der Waals surface area contributed by atoms with E-state index >= 15 is 0 Å². The summed E-state index contributed by atoms with van der Waals surface area (Å²) in [5, 5.41) is 0. The third-order valence-electron chi connectivity index (χ3n) is 5.26. The number of likely N-dealkylation sites (tertiary alicyclic amines) is 1. The summed E-state index contributed by atoms with van der Waals surface area (Å²) in [5.41, 5.74) is 7.22. The molecule has 1 aromatic carbocycles. The van der Waals surface area contributed by atoms with Crippen LogP contribution in [-0.2, 0) is 16.4 Å². The van der Waals surface area contributed by atoms with Crippen LogP contribution >= 0.6 is 0 Å². The minimum atomic E-state index is -3.15. The largest absolute Gasteiger partial charge is 0.330 e. The molecule has 1 aliphatic carbocycles. The van der Waals surface area contributed by atoms with E-state index in [0.29, 0.717) is 10.3 Å². The Kier molecular flexibility index (Phi) is 3.84. The Morgan fingerprint density at radius 3 is 2.52 bits per heavy atom. The second-order valence-electron chi connectivity index (χ2n) is 6.66. The number of nitrogens with two attached hydrogens (primary N) is 1. The maximum Gasteiger partial charge on any atom is 0.175 e. The SMILES string of the molecule is CS(=O)(=O)c1ccccc1CN1CCC2(CC1)CC2CN. The fraction of sp³-hybridized carbons (Fsp3) is 0.625. The summed E-state index contributed by atoms with van der Waals surface area (Å²) in [4.78, 5) is 2.85. The van der Waals surface area contributed by atoms with E-state index in [9.17, 15) is 8.42 Å². The van der Waals surface area contributed by atoms with Crippen molar-refractivity contribution in [2.45, 2.75) is 30.7 Å². The second-order valence-corrected chi connectivity index (χ2v) is 8.64. The second kappa shape index (κ2) is 5.38. The number of sulfone groups is 1. The molecule has 1 saturated heterocycles. The van der Waals surface area contributed by atoms with E-state index in [0.717, 1.165) is 37.7 Å². The molecule has 0 amide bonds. The van der Waals surface area contributed by atoms with Crippen LogP contribution < -0.4 is 5.73 Å². The Bertz CT molecular complexity index is 619. The van der Waals surface area contributed by atoms with Gasteiger partial charge in [-0.15, -0.1) is 0 Å². The average molecular weight is 308 g/mol. The van der Waals surface area contributed by atoms with Gasteiger partial charge in [-0.25, -0.2) is 8.42 Å². The Morgan fingerprint density at radius 1 is 1.29 bits per heavy atom. The highest BCUT2D eigenvalue weighted by Gasteiger charge is 2.53. The Hall–Kier alpha value is -0.910. The molecule has 1 spiro atoms. The van der Waals surface area contributed by atoms with E-state index in [-0.39, 0.29) is 0 Å². The molecule has 1 aliphatic heterocycles. The summed E-state index contributed by atoms with van der Waals surface area (Å²) >= 11 is 0. The van der Waals surface area contributed by atoms with E-state index in [2.05, 4.69) is 4.90 Å². The number of nitrogens with zero attached hydrogens (tertiary/aromatic N) is 1. The lowest BCUT2D eigenvalue weighted by Gasteiger charge is -2.33.